The second-order valence-electron chi connectivity index (χ2n) is 6.41. The molecule has 2 heterocycles. The number of fused-ring (bicyclic) bond motifs is 1. The molecule has 1 atom stereocenters. The molecule has 4 heteroatoms. The van der Waals surface area contributed by atoms with Gasteiger partial charge in [0.1, 0.15) is 5.41 Å². The van der Waals surface area contributed by atoms with Crippen LogP contribution in [0, 0.1) is 6.92 Å². The number of aryl methyl sites for hydroxylation is 1. The Kier molecular flexibility index (Phi) is 3.81. The number of carbonyl (C=O) groups excluding carboxylic acids is 1. The van der Waals surface area contributed by atoms with Crippen LogP contribution in [0.5, 0.6) is 0 Å². The molecule has 0 radical (unpaired) electrons. The highest BCUT2D eigenvalue weighted by atomic mass is 35.5. The van der Waals surface area contributed by atoms with Crippen molar-refractivity contribution in [2.24, 2.45) is 0 Å². The Morgan fingerprint density at radius 3 is 2.60 bits per heavy atom. The first kappa shape index (κ1) is 15.9. The van der Waals surface area contributed by atoms with E-state index in [0.29, 0.717) is 11.4 Å². The zero-order valence-electron chi connectivity index (χ0n) is 13.8. The number of pyridine rings is 1. The van der Waals surface area contributed by atoms with Crippen LogP contribution in [-0.2, 0) is 16.6 Å². The second-order valence-corrected chi connectivity index (χ2v) is 6.85. The van der Waals surface area contributed by atoms with Crippen LogP contribution < -0.4 is 5.32 Å². The summed E-state index contributed by atoms with van der Waals surface area (Å²) in [6, 6.07) is 19.4. The number of nitrogens with zero attached hydrogens (tertiary/aromatic N) is 1. The zero-order valence-corrected chi connectivity index (χ0v) is 14.5. The number of hydrogen-bond donors (Lipinski definition) is 1. The summed E-state index contributed by atoms with van der Waals surface area (Å²) in [6.07, 6.45) is 2.24. The fourth-order valence-corrected chi connectivity index (χ4v) is 3.68. The van der Waals surface area contributed by atoms with Gasteiger partial charge in [0.25, 0.3) is 0 Å². The van der Waals surface area contributed by atoms with Gasteiger partial charge in [0.05, 0.1) is 0 Å². The standard InChI is InChI=1S/C21H17ClN2O/c1-14-5-7-15(8-6-14)21(13-17-4-2-3-11-23-17)18-12-16(22)9-10-19(18)24-20(21)25/h2-12H,13H2,1H3,(H,24,25). The van der Waals surface area contributed by atoms with Gasteiger partial charge in [0.15, 0.2) is 0 Å². The molecule has 0 aliphatic carbocycles. The third-order valence-corrected chi connectivity index (χ3v) is 5.03. The van der Waals surface area contributed by atoms with Gasteiger partial charge in [0.2, 0.25) is 5.91 Å². The SMILES string of the molecule is Cc1ccc(C2(Cc3ccccn3)C(=O)Nc3ccc(Cl)cc32)cc1. The lowest BCUT2D eigenvalue weighted by molar-refractivity contribution is -0.119. The smallest absolute Gasteiger partial charge is 0.239 e. The third kappa shape index (κ3) is 2.61. The maximum atomic E-state index is 13.2. The average molecular weight is 349 g/mol. The normalized spacial score (nSPS) is 18.7. The summed E-state index contributed by atoms with van der Waals surface area (Å²) in [6.45, 7) is 2.04. The van der Waals surface area contributed by atoms with Crippen molar-refractivity contribution in [3.05, 3.63) is 94.3 Å². The minimum absolute atomic E-state index is 0.0423. The molecule has 1 N–H and O–H groups in total. The number of anilines is 1. The van der Waals surface area contributed by atoms with Crippen LogP contribution >= 0.6 is 11.6 Å². The molecule has 0 saturated heterocycles. The van der Waals surface area contributed by atoms with Crippen LogP contribution in [0.2, 0.25) is 5.02 Å². The summed E-state index contributed by atoms with van der Waals surface area (Å²) in [5.74, 6) is -0.0423. The van der Waals surface area contributed by atoms with Crippen LogP contribution in [0.25, 0.3) is 0 Å². The molecule has 3 nitrogen and oxygen atoms in total. The van der Waals surface area contributed by atoms with E-state index in [1.165, 1.54) is 0 Å². The number of halogens is 1. The van der Waals surface area contributed by atoms with Crippen molar-refractivity contribution in [3.8, 4) is 0 Å². The van der Waals surface area contributed by atoms with E-state index in [1.807, 2.05) is 61.5 Å². The van der Waals surface area contributed by atoms with E-state index < -0.39 is 5.41 Å². The fourth-order valence-electron chi connectivity index (χ4n) is 3.51. The molecule has 1 aliphatic rings. The molecule has 124 valence electrons. The lowest BCUT2D eigenvalue weighted by Crippen LogP contribution is -2.38. The van der Waals surface area contributed by atoms with E-state index in [9.17, 15) is 4.79 Å². The van der Waals surface area contributed by atoms with Crippen molar-refractivity contribution in [2.75, 3.05) is 5.32 Å². The first-order valence-electron chi connectivity index (χ1n) is 8.18. The third-order valence-electron chi connectivity index (χ3n) is 4.79. The summed E-state index contributed by atoms with van der Waals surface area (Å²) in [5.41, 5.74) is 3.85. The van der Waals surface area contributed by atoms with Gasteiger partial charge in [0, 0.05) is 29.0 Å². The molecule has 0 spiro atoms. The van der Waals surface area contributed by atoms with Gasteiger partial charge in [-0.05, 0) is 48.4 Å². The van der Waals surface area contributed by atoms with Gasteiger partial charge in [-0.1, -0.05) is 47.5 Å². The van der Waals surface area contributed by atoms with Crippen LogP contribution in [0.3, 0.4) is 0 Å². The average Bonchev–Trinajstić information content (AvgIpc) is 2.89. The molecule has 1 amide bonds. The maximum absolute atomic E-state index is 13.2. The molecule has 1 unspecified atom stereocenters. The topological polar surface area (TPSA) is 42.0 Å². The molecule has 0 fully saturated rings. The van der Waals surface area contributed by atoms with Crippen molar-refractivity contribution in [2.45, 2.75) is 18.8 Å². The Labute approximate surface area is 151 Å². The van der Waals surface area contributed by atoms with Gasteiger partial charge in [-0.3, -0.25) is 9.78 Å². The number of rotatable bonds is 3. The van der Waals surface area contributed by atoms with Crippen LogP contribution in [0.4, 0.5) is 5.69 Å². The lowest BCUT2D eigenvalue weighted by Gasteiger charge is -2.28. The number of carbonyl (C=O) groups is 1. The first-order chi connectivity index (χ1) is 12.1. The summed E-state index contributed by atoms with van der Waals surface area (Å²) in [5, 5.41) is 3.64. The van der Waals surface area contributed by atoms with Crippen molar-refractivity contribution < 1.29 is 4.79 Å². The van der Waals surface area contributed by atoms with Gasteiger partial charge >= 0.3 is 0 Å². The van der Waals surface area contributed by atoms with E-state index >= 15 is 0 Å². The molecule has 1 aromatic heterocycles. The number of amides is 1. The predicted molar refractivity (Wildman–Crippen MR) is 100.0 cm³/mol. The number of aromatic nitrogens is 1. The van der Waals surface area contributed by atoms with Crippen molar-refractivity contribution in [3.63, 3.8) is 0 Å². The van der Waals surface area contributed by atoms with Crippen LogP contribution in [0.15, 0.2) is 66.9 Å². The highest BCUT2D eigenvalue weighted by Crippen LogP contribution is 2.45. The molecule has 2 aromatic carbocycles. The lowest BCUT2D eigenvalue weighted by atomic mass is 9.72. The van der Waals surface area contributed by atoms with Crippen LogP contribution in [0.1, 0.15) is 22.4 Å². The first-order valence-corrected chi connectivity index (χ1v) is 8.56. The van der Waals surface area contributed by atoms with Gasteiger partial charge in [-0.25, -0.2) is 0 Å². The Balaban J connectivity index is 1.95. The Bertz CT molecular complexity index is 938. The molecule has 1 aliphatic heterocycles. The van der Waals surface area contributed by atoms with Gasteiger partial charge < -0.3 is 5.32 Å². The van der Waals surface area contributed by atoms with E-state index in [-0.39, 0.29) is 5.91 Å². The molecule has 0 bridgehead atoms. The summed E-state index contributed by atoms with van der Waals surface area (Å²) in [4.78, 5) is 17.6. The Morgan fingerprint density at radius 2 is 1.88 bits per heavy atom. The van der Waals surface area contributed by atoms with Gasteiger partial charge in [-0.15, -0.1) is 0 Å². The van der Waals surface area contributed by atoms with Gasteiger partial charge in [-0.2, -0.15) is 0 Å². The highest BCUT2D eigenvalue weighted by Gasteiger charge is 2.48. The van der Waals surface area contributed by atoms with E-state index in [4.69, 9.17) is 11.6 Å². The molecular formula is C21H17ClN2O. The van der Waals surface area contributed by atoms with Crippen molar-refractivity contribution >= 4 is 23.2 Å². The second kappa shape index (κ2) is 6.01. The van der Waals surface area contributed by atoms with Crippen LogP contribution in [-0.4, -0.2) is 10.9 Å². The number of nitrogens with one attached hydrogen (secondary N) is 1. The fraction of sp³-hybridized carbons (Fsp3) is 0.143. The Morgan fingerprint density at radius 1 is 1.08 bits per heavy atom. The number of benzene rings is 2. The largest absolute Gasteiger partial charge is 0.325 e. The Hall–Kier alpha value is -2.65. The van der Waals surface area contributed by atoms with E-state index in [0.717, 1.165) is 28.1 Å². The molecule has 3 aromatic rings. The molecule has 0 saturated carbocycles. The highest BCUT2D eigenvalue weighted by molar-refractivity contribution is 6.31. The summed E-state index contributed by atoms with van der Waals surface area (Å²) in [7, 11) is 0. The van der Waals surface area contributed by atoms with E-state index in [1.54, 1.807) is 12.3 Å². The molecule has 4 rings (SSSR count). The van der Waals surface area contributed by atoms with Crippen molar-refractivity contribution in [1.29, 1.82) is 0 Å². The molecule has 25 heavy (non-hydrogen) atoms. The maximum Gasteiger partial charge on any atom is 0.239 e. The predicted octanol–water partition coefficient (Wildman–Crippen LogP) is 4.52. The summed E-state index contributed by atoms with van der Waals surface area (Å²) < 4.78 is 0. The minimum atomic E-state index is -0.831. The molecular weight excluding hydrogens is 332 g/mol. The number of hydrogen-bond acceptors (Lipinski definition) is 2. The minimum Gasteiger partial charge on any atom is -0.325 e. The zero-order chi connectivity index (χ0) is 17.4. The van der Waals surface area contributed by atoms with Crippen molar-refractivity contribution in [1.82, 2.24) is 4.98 Å². The van der Waals surface area contributed by atoms with E-state index in [2.05, 4.69) is 10.3 Å². The monoisotopic (exact) mass is 348 g/mol. The summed E-state index contributed by atoms with van der Waals surface area (Å²) >= 11 is 6.26. The quantitative estimate of drug-likeness (QED) is 0.755.